The highest BCUT2D eigenvalue weighted by atomic mass is 16.5. The van der Waals surface area contributed by atoms with Crippen molar-refractivity contribution in [2.45, 2.75) is 6.04 Å². The Morgan fingerprint density at radius 3 is 2.83 bits per heavy atom. The second kappa shape index (κ2) is 5.89. The van der Waals surface area contributed by atoms with E-state index in [9.17, 15) is 0 Å². The Kier molecular flexibility index (Phi) is 3.59. The molecule has 23 heavy (non-hydrogen) atoms. The Bertz CT molecular complexity index is 800. The quantitative estimate of drug-likeness (QED) is 0.743. The first-order valence-electron chi connectivity index (χ1n) is 7.63. The van der Waals surface area contributed by atoms with Gasteiger partial charge in [-0.2, -0.15) is 0 Å². The lowest BCUT2D eigenvalue weighted by Crippen LogP contribution is -2.41. The molecule has 0 aliphatic carbocycles. The average molecular weight is 310 g/mol. The predicted molar refractivity (Wildman–Crippen MR) is 86.9 cm³/mol. The summed E-state index contributed by atoms with van der Waals surface area (Å²) >= 11 is 0. The van der Waals surface area contributed by atoms with Gasteiger partial charge in [0, 0.05) is 25.1 Å². The van der Waals surface area contributed by atoms with Crippen molar-refractivity contribution in [3.63, 3.8) is 0 Å². The summed E-state index contributed by atoms with van der Waals surface area (Å²) in [5.41, 5.74) is 2.08. The van der Waals surface area contributed by atoms with Crippen LogP contribution in [0.15, 0.2) is 48.9 Å². The minimum Gasteiger partial charge on any atom is -0.497 e. The number of ether oxygens (including phenoxy) is 2. The fourth-order valence-electron chi connectivity index (χ4n) is 3.00. The van der Waals surface area contributed by atoms with Crippen LogP contribution in [0.5, 0.6) is 5.75 Å². The zero-order chi connectivity index (χ0) is 15.6. The van der Waals surface area contributed by atoms with Gasteiger partial charge in [-0.25, -0.2) is 9.97 Å². The average Bonchev–Trinajstić information content (AvgIpc) is 3.10. The Morgan fingerprint density at radius 2 is 2.00 bits per heavy atom. The Balaban J connectivity index is 1.74. The van der Waals surface area contributed by atoms with Crippen molar-refractivity contribution < 1.29 is 9.47 Å². The third-order valence-electron chi connectivity index (χ3n) is 4.18. The van der Waals surface area contributed by atoms with Crippen molar-refractivity contribution in [1.29, 1.82) is 0 Å². The normalized spacial score (nSPS) is 18.3. The SMILES string of the molecule is COc1ccc(C2COCCN2c2nccc3nccn23)cc1. The van der Waals surface area contributed by atoms with Crippen LogP contribution in [0.1, 0.15) is 11.6 Å². The summed E-state index contributed by atoms with van der Waals surface area (Å²) in [6.45, 7) is 2.12. The molecule has 118 valence electrons. The zero-order valence-electron chi connectivity index (χ0n) is 12.9. The van der Waals surface area contributed by atoms with E-state index in [1.165, 1.54) is 5.56 Å². The lowest BCUT2D eigenvalue weighted by molar-refractivity contribution is 0.0931. The summed E-state index contributed by atoms with van der Waals surface area (Å²) in [4.78, 5) is 11.2. The first kappa shape index (κ1) is 14.0. The molecule has 6 nitrogen and oxygen atoms in total. The third kappa shape index (κ3) is 2.51. The number of anilines is 1. The summed E-state index contributed by atoms with van der Waals surface area (Å²) < 4.78 is 13.0. The number of methoxy groups -OCH3 is 1. The summed E-state index contributed by atoms with van der Waals surface area (Å²) in [5, 5.41) is 0. The van der Waals surface area contributed by atoms with E-state index in [4.69, 9.17) is 9.47 Å². The summed E-state index contributed by atoms with van der Waals surface area (Å²) in [6, 6.07) is 10.2. The van der Waals surface area contributed by atoms with Gasteiger partial charge >= 0.3 is 0 Å². The van der Waals surface area contributed by atoms with Gasteiger partial charge in [0.1, 0.15) is 11.4 Å². The predicted octanol–water partition coefficient (Wildman–Crippen LogP) is 2.32. The van der Waals surface area contributed by atoms with Crippen LogP contribution in [0.2, 0.25) is 0 Å². The van der Waals surface area contributed by atoms with Crippen molar-refractivity contribution in [2.24, 2.45) is 0 Å². The number of rotatable bonds is 3. The molecule has 6 heteroatoms. The van der Waals surface area contributed by atoms with Gasteiger partial charge in [-0.1, -0.05) is 12.1 Å². The molecule has 1 aliphatic rings. The molecule has 1 unspecified atom stereocenters. The van der Waals surface area contributed by atoms with Gasteiger partial charge < -0.3 is 14.4 Å². The van der Waals surface area contributed by atoms with Gasteiger partial charge in [0.25, 0.3) is 0 Å². The number of morpholine rings is 1. The minimum atomic E-state index is 0.121. The van der Waals surface area contributed by atoms with Crippen LogP contribution < -0.4 is 9.64 Å². The van der Waals surface area contributed by atoms with E-state index in [1.807, 2.05) is 28.8 Å². The van der Waals surface area contributed by atoms with Gasteiger partial charge in [-0.3, -0.25) is 4.40 Å². The molecular weight excluding hydrogens is 292 g/mol. The molecule has 0 amide bonds. The summed E-state index contributed by atoms with van der Waals surface area (Å²) in [7, 11) is 1.68. The summed E-state index contributed by atoms with van der Waals surface area (Å²) in [6.07, 6.45) is 5.54. The molecule has 0 spiro atoms. The van der Waals surface area contributed by atoms with Crippen LogP contribution in [0.3, 0.4) is 0 Å². The van der Waals surface area contributed by atoms with Crippen LogP contribution in [-0.2, 0) is 4.74 Å². The van der Waals surface area contributed by atoms with Crippen LogP contribution in [0.4, 0.5) is 5.95 Å². The van der Waals surface area contributed by atoms with Crippen molar-refractivity contribution >= 4 is 11.6 Å². The largest absolute Gasteiger partial charge is 0.497 e. The first-order valence-corrected chi connectivity index (χ1v) is 7.63. The van der Waals surface area contributed by atoms with E-state index in [0.29, 0.717) is 13.2 Å². The van der Waals surface area contributed by atoms with Gasteiger partial charge in [0.2, 0.25) is 5.95 Å². The molecule has 2 aromatic heterocycles. The lowest BCUT2D eigenvalue weighted by Gasteiger charge is -2.36. The van der Waals surface area contributed by atoms with Crippen LogP contribution in [0.25, 0.3) is 5.65 Å². The topological polar surface area (TPSA) is 51.9 Å². The molecule has 0 saturated carbocycles. The maximum Gasteiger partial charge on any atom is 0.211 e. The molecule has 0 bridgehead atoms. The number of hydrogen-bond donors (Lipinski definition) is 0. The smallest absolute Gasteiger partial charge is 0.211 e. The van der Waals surface area contributed by atoms with E-state index in [0.717, 1.165) is 23.9 Å². The van der Waals surface area contributed by atoms with E-state index in [2.05, 4.69) is 27.0 Å². The molecule has 3 aromatic rings. The Labute approximate surface area is 134 Å². The molecule has 3 heterocycles. The highest BCUT2D eigenvalue weighted by Crippen LogP contribution is 2.29. The van der Waals surface area contributed by atoms with Crippen molar-refractivity contribution in [1.82, 2.24) is 14.4 Å². The molecule has 1 atom stereocenters. The second-order valence-electron chi connectivity index (χ2n) is 5.46. The highest BCUT2D eigenvalue weighted by Gasteiger charge is 2.27. The fourth-order valence-corrected chi connectivity index (χ4v) is 3.00. The maximum atomic E-state index is 5.71. The van der Waals surface area contributed by atoms with Gasteiger partial charge in [-0.15, -0.1) is 0 Å². The van der Waals surface area contributed by atoms with Gasteiger partial charge in [0.05, 0.1) is 26.4 Å². The van der Waals surface area contributed by atoms with E-state index in [-0.39, 0.29) is 6.04 Å². The molecule has 0 radical (unpaired) electrons. The lowest BCUT2D eigenvalue weighted by atomic mass is 10.1. The number of fused-ring (bicyclic) bond motifs is 1. The summed E-state index contributed by atoms with van der Waals surface area (Å²) in [5.74, 6) is 1.75. The number of aromatic nitrogens is 3. The molecular formula is C17H18N4O2. The standard InChI is InChI=1S/C17H18N4O2/c1-22-14-4-2-13(3-5-14)15-12-23-11-10-20(15)17-19-7-6-16-18-8-9-21(16)17/h2-9,15H,10-12H2,1H3. The van der Waals surface area contributed by atoms with Gasteiger partial charge in [0.15, 0.2) is 0 Å². The third-order valence-corrected chi connectivity index (χ3v) is 4.18. The van der Waals surface area contributed by atoms with Crippen molar-refractivity contribution in [2.75, 3.05) is 31.8 Å². The molecule has 4 rings (SSSR count). The Hall–Kier alpha value is -2.60. The van der Waals surface area contributed by atoms with E-state index < -0.39 is 0 Å². The zero-order valence-corrected chi connectivity index (χ0v) is 12.9. The molecule has 1 fully saturated rings. The van der Waals surface area contributed by atoms with Crippen LogP contribution in [0, 0.1) is 0 Å². The fraction of sp³-hybridized carbons (Fsp3) is 0.294. The number of nitrogens with zero attached hydrogens (tertiary/aromatic N) is 4. The maximum absolute atomic E-state index is 5.71. The van der Waals surface area contributed by atoms with Crippen molar-refractivity contribution in [3.8, 4) is 5.75 Å². The van der Waals surface area contributed by atoms with Crippen LogP contribution in [-0.4, -0.2) is 41.2 Å². The number of hydrogen-bond acceptors (Lipinski definition) is 5. The van der Waals surface area contributed by atoms with E-state index >= 15 is 0 Å². The number of imidazole rings is 1. The minimum absolute atomic E-state index is 0.121. The monoisotopic (exact) mass is 310 g/mol. The number of benzene rings is 1. The highest BCUT2D eigenvalue weighted by molar-refractivity contribution is 5.48. The first-order chi connectivity index (χ1) is 11.4. The molecule has 1 saturated heterocycles. The Morgan fingerprint density at radius 1 is 1.13 bits per heavy atom. The second-order valence-corrected chi connectivity index (χ2v) is 5.46. The van der Waals surface area contributed by atoms with Crippen LogP contribution >= 0.6 is 0 Å². The van der Waals surface area contributed by atoms with Crippen molar-refractivity contribution in [3.05, 3.63) is 54.5 Å². The van der Waals surface area contributed by atoms with Gasteiger partial charge in [-0.05, 0) is 23.8 Å². The molecule has 1 aromatic carbocycles. The molecule has 0 N–H and O–H groups in total. The van der Waals surface area contributed by atoms with E-state index in [1.54, 1.807) is 19.5 Å². The molecule has 1 aliphatic heterocycles.